The number of hydrogen-bond acceptors (Lipinski definition) is 6. The molecule has 1 aliphatic rings. The molecule has 2 heterocycles. The molecule has 1 fully saturated rings. The highest BCUT2D eigenvalue weighted by Crippen LogP contribution is 2.18. The molecule has 7 heteroatoms. The van der Waals surface area contributed by atoms with E-state index in [9.17, 15) is 4.79 Å². The van der Waals surface area contributed by atoms with Gasteiger partial charge in [0.05, 0.1) is 6.54 Å². The van der Waals surface area contributed by atoms with Crippen LogP contribution in [-0.2, 0) is 11.3 Å². The van der Waals surface area contributed by atoms with Crippen LogP contribution in [0.4, 0.5) is 5.82 Å². The van der Waals surface area contributed by atoms with E-state index in [0.29, 0.717) is 18.4 Å². The van der Waals surface area contributed by atoms with Gasteiger partial charge < -0.3 is 15.4 Å². The third kappa shape index (κ3) is 5.65. The lowest BCUT2D eigenvalue weighted by Gasteiger charge is -2.26. The van der Waals surface area contributed by atoms with Crippen molar-refractivity contribution < 1.29 is 9.53 Å². The van der Waals surface area contributed by atoms with E-state index in [-0.39, 0.29) is 12.5 Å². The topological polar surface area (TPSA) is 84.6 Å². The first-order chi connectivity index (χ1) is 13.1. The molecular formula is C20H27N5O2. The number of rotatable bonds is 6. The van der Waals surface area contributed by atoms with E-state index in [1.807, 2.05) is 35.2 Å². The predicted octanol–water partition coefficient (Wildman–Crippen LogP) is 1.95. The van der Waals surface area contributed by atoms with E-state index in [0.717, 1.165) is 43.9 Å². The van der Waals surface area contributed by atoms with Crippen LogP contribution in [0.5, 0.6) is 5.75 Å². The quantitative estimate of drug-likeness (QED) is 0.838. The Hall–Kier alpha value is -2.67. The van der Waals surface area contributed by atoms with Crippen LogP contribution in [0.2, 0.25) is 0 Å². The van der Waals surface area contributed by atoms with Crippen LogP contribution in [0.25, 0.3) is 0 Å². The molecule has 0 spiro atoms. The Bertz CT molecular complexity index is 740. The molecule has 1 unspecified atom stereocenters. The number of likely N-dealkylation sites (tertiary alicyclic amines) is 1. The maximum atomic E-state index is 12.5. The molecule has 2 N–H and O–H groups in total. The zero-order chi connectivity index (χ0) is 19.1. The zero-order valence-corrected chi connectivity index (χ0v) is 15.8. The average molecular weight is 369 g/mol. The predicted molar refractivity (Wildman–Crippen MR) is 104 cm³/mol. The molecule has 1 atom stereocenters. The van der Waals surface area contributed by atoms with Crippen molar-refractivity contribution in [2.45, 2.75) is 31.8 Å². The van der Waals surface area contributed by atoms with Gasteiger partial charge in [-0.25, -0.2) is 9.97 Å². The highest BCUT2D eigenvalue weighted by Gasteiger charge is 2.23. The number of anilines is 1. The standard InChI is InChI=1S/C20H27N5O2/c1-24(14-19-22-11-9-18(21)23-19)16-6-5-12-25(13-10-16)20(26)15-27-17-7-3-2-4-8-17/h2-4,7-9,11,16H,5-6,10,12-15H2,1H3,(H2,21,22,23). The third-order valence-corrected chi connectivity index (χ3v) is 4.90. The van der Waals surface area contributed by atoms with Gasteiger partial charge in [0, 0.05) is 25.3 Å². The first kappa shape index (κ1) is 19.1. The molecule has 144 valence electrons. The van der Waals surface area contributed by atoms with Crippen molar-refractivity contribution in [3.05, 3.63) is 48.4 Å². The van der Waals surface area contributed by atoms with E-state index in [2.05, 4.69) is 21.9 Å². The number of para-hydroxylation sites is 1. The Morgan fingerprint density at radius 3 is 2.85 bits per heavy atom. The molecule has 0 aliphatic carbocycles. The summed E-state index contributed by atoms with van der Waals surface area (Å²) in [5, 5.41) is 0. The van der Waals surface area contributed by atoms with Gasteiger partial charge in [-0.1, -0.05) is 18.2 Å². The van der Waals surface area contributed by atoms with Crippen LogP contribution in [-0.4, -0.2) is 58.5 Å². The first-order valence-corrected chi connectivity index (χ1v) is 9.35. The summed E-state index contributed by atoms with van der Waals surface area (Å²) in [4.78, 5) is 25.2. The van der Waals surface area contributed by atoms with Crippen LogP contribution in [0, 0.1) is 0 Å². The fourth-order valence-corrected chi connectivity index (χ4v) is 3.37. The Morgan fingerprint density at radius 2 is 2.07 bits per heavy atom. The number of amides is 1. The van der Waals surface area contributed by atoms with Crippen LogP contribution in [0.1, 0.15) is 25.1 Å². The molecule has 1 aromatic heterocycles. The highest BCUT2D eigenvalue weighted by atomic mass is 16.5. The van der Waals surface area contributed by atoms with Gasteiger partial charge in [-0.15, -0.1) is 0 Å². The smallest absolute Gasteiger partial charge is 0.260 e. The monoisotopic (exact) mass is 369 g/mol. The van der Waals surface area contributed by atoms with Crippen molar-refractivity contribution in [1.29, 1.82) is 0 Å². The van der Waals surface area contributed by atoms with Crippen molar-refractivity contribution in [3.8, 4) is 5.75 Å². The van der Waals surface area contributed by atoms with Crippen LogP contribution in [0.3, 0.4) is 0 Å². The number of hydrogen-bond donors (Lipinski definition) is 1. The molecule has 0 saturated carbocycles. The molecule has 1 aliphatic heterocycles. The number of carbonyl (C=O) groups is 1. The number of nitrogens with two attached hydrogens (primary N) is 1. The van der Waals surface area contributed by atoms with Crippen molar-refractivity contribution in [2.75, 3.05) is 32.5 Å². The molecule has 3 rings (SSSR count). The van der Waals surface area contributed by atoms with E-state index >= 15 is 0 Å². The Kier molecular flexibility index (Phi) is 6.59. The number of nitrogen functional groups attached to an aromatic ring is 1. The lowest BCUT2D eigenvalue weighted by Crippen LogP contribution is -2.37. The molecule has 1 saturated heterocycles. The van der Waals surface area contributed by atoms with Gasteiger partial charge in [0.2, 0.25) is 0 Å². The van der Waals surface area contributed by atoms with Crippen LogP contribution in [0.15, 0.2) is 42.6 Å². The first-order valence-electron chi connectivity index (χ1n) is 9.35. The van der Waals surface area contributed by atoms with Crippen molar-refractivity contribution in [3.63, 3.8) is 0 Å². The molecule has 0 radical (unpaired) electrons. The zero-order valence-electron chi connectivity index (χ0n) is 15.8. The van der Waals surface area contributed by atoms with Gasteiger partial charge >= 0.3 is 0 Å². The summed E-state index contributed by atoms with van der Waals surface area (Å²) < 4.78 is 5.60. The largest absolute Gasteiger partial charge is 0.484 e. The lowest BCUT2D eigenvalue weighted by molar-refractivity contribution is -0.133. The average Bonchev–Trinajstić information content (AvgIpc) is 2.93. The molecule has 0 bridgehead atoms. The van der Waals surface area contributed by atoms with Gasteiger partial charge in [0.1, 0.15) is 17.4 Å². The number of nitrogens with zero attached hydrogens (tertiary/aromatic N) is 4. The van der Waals surface area contributed by atoms with Gasteiger partial charge in [-0.2, -0.15) is 0 Å². The SMILES string of the molecule is CN(Cc1nccc(N)n1)C1CCCN(C(=O)COc2ccccc2)CC1. The Labute approximate surface area is 160 Å². The maximum Gasteiger partial charge on any atom is 0.260 e. The molecule has 1 amide bonds. The summed E-state index contributed by atoms with van der Waals surface area (Å²) in [6.07, 6.45) is 4.63. The minimum atomic E-state index is 0.0429. The minimum absolute atomic E-state index is 0.0429. The summed E-state index contributed by atoms with van der Waals surface area (Å²) in [7, 11) is 2.08. The van der Waals surface area contributed by atoms with Crippen LogP contribution < -0.4 is 10.5 Å². The summed E-state index contributed by atoms with van der Waals surface area (Å²) in [5.41, 5.74) is 5.73. The fraction of sp³-hybridized carbons (Fsp3) is 0.450. The van der Waals surface area contributed by atoms with Gasteiger partial charge in [-0.3, -0.25) is 9.69 Å². The third-order valence-electron chi connectivity index (χ3n) is 4.90. The molecule has 7 nitrogen and oxygen atoms in total. The van der Waals surface area contributed by atoms with Crippen molar-refractivity contribution >= 4 is 11.7 Å². The summed E-state index contributed by atoms with van der Waals surface area (Å²) in [5.74, 6) is 1.98. The second-order valence-electron chi connectivity index (χ2n) is 6.88. The number of aromatic nitrogens is 2. The minimum Gasteiger partial charge on any atom is -0.484 e. The van der Waals surface area contributed by atoms with Crippen molar-refractivity contribution in [1.82, 2.24) is 19.8 Å². The van der Waals surface area contributed by atoms with E-state index in [4.69, 9.17) is 10.5 Å². The summed E-state index contributed by atoms with van der Waals surface area (Å²) >= 11 is 0. The molecule has 27 heavy (non-hydrogen) atoms. The molecule has 1 aromatic carbocycles. The summed E-state index contributed by atoms with van der Waals surface area (Å²) in [6.45, 7) is 2.25. The summed E-state index contributed by atoms with van der Waals surface area (Å²) in [6, 6.07) is 11.5. The lowest BCUT2D eigenvalue weighted by atomic mass is 10.1. The Morgan fingerprint density at radius 1 is 1.26 bits per heavy atom. The second-order valence-corrected chi connectivity index (χ2v) is 6.88. The maximum absolute atomic E-state index is 12.5. The van der Waals surface area contributed by atoms with Gasteiger partial charge in [-0.05, 0) is 44.5 Å². The van der Waals surface area contributed by atoms with E-state index in [1.54, 1.807) is 12.3 Å². The molecule has 2 aromatic rings. The Balaban J connectivity index is 1.48. The number of benzene rings is 1. The number of carbonyl (C=O) groups excluding carboxylic acids is 1. The normalized spacial score (nSPS) is 17.6. The van der Waals surface area contributed by atoms with Crippen LogP contribution >= 0.6 is 0 Å². The van der Waals surface area contributed by atoms with E-state index < -0.39 is 0 Å². The second kappa shape index (κ2) is 9.32. The fourth-order valence-electron chi connectivity index (χ4n) is 3.37. The number of ether oxygens (including phenoxy) is 1. The van der Waals surface area contributed by atoms with Gasteiger partial charge in [0.25, 0.3) is 5.91 Å². The van der Waals surface area contributed by atoms with E-state index in [1.165, 1.54) is 0 Å². The van der Waals surface area contributed by atoms with Gasteiger partial charge in [0.15, 0.2) is 6.61 Å². The van der Waals surface area contributed by atoms with Crippen molar-refractivity contribution in [2.24, 2.45) is 0 Å². The highest BCUT2D eigenvalue weighted by molar-refractivity contribution is 5.77. The molecular weight excluding hydrogens is 342 g/mol.